The standard InChI is InChI=1S/C24H26N4/c1-17-8-4-3-7-11-26-24-21(17)13-20(14-27-24)19-9-5-6-10-23-22(18(2)12-19)15-25-16-28-23/h5-7,10-11,13-16,19H,3-4,8-9,12H2,1-2H3/b6-5-,11-7-,21-17-,22-18-,23-10+,26-24-. The van der Waals surface area contributed by atoms with Crippen LogP contribution in [0.15, 0.2) is 54.2 Å². The molecule has 3 heterocycles. The number of allylic oxidation sites excluding steroid dienone is 3. The summed E-state index contributed by atoms with van der Waals surface area (Å²) in [5.74, 6) is 0.379. The predicted molar refractivity (Wildman–Crippen MR) is 113 cm³/mol. The molecule has 0 spiro atoms. The van der Waals surface area contributed by atoms with Crippen molar-refractivity contribution in [1.29, 1.82) is 0 Å². The normalized spacial score (nSPS) is 28.1. The third-order valence-corrected chi connectivity index (χ3v) is 5.61. The molecule has 1 unspecified atom stereocenters. The lowest BCUT2D eigenvalue weighted by Crippen LogP contribution is -2.31. The Morgan fingerprint density at radius 2 is 1.93 bits per heavy atom. The van der Waals surface area contributed by atoms with Crippen LogP contribution in [0, 0.1) is 0 Å². The molecule has 0 fully saturated rings. The Balaban J connectivity index is 1.81. The molecule has 0 bridgehead atoms. The number of fused-ring (bicyclic) bond motifs is 2. The molecule has 1 aliphatic carbocycles. The van der Waals surface area contributed by atoms with Crippen LogP contribution in [0.2, 0.25) is 0 Å². The average Bonchev–Trinajstić information content (AvgIpc) is 2.86. The number of aromatic nitrogens is 3. The Labute approximate surface area is 165 Å². The van der Waals surface area contributed by atoms with Gasteiger partial charge in [-0.3, -0.25) is 0 Å². The van der Waals surface area contributed by atoms with Crippen molar-refractivity contribution in [3.8, 4) is 0 Å². The fourth-order valence-electron chi connectivity index (χ4n) is 3.95. The van der Waals surface area contributed by atoms with Gasteiger partial charge in [0.05, 0.1) is 5.35 Å². The molecule has 0 saturated heterocycles. The van der Waals surface area contributed by atoms with Gasteiger partial charge >= 0.3 is 0 Å². The van der Waals surface area contributed by atoms with Crippen LogP contribution >= 0.6 is 0 Å². The zero-order valence-electron chi connectivity index (χ0n) is 16.6. The van der Waals surface area contributed by atoms with Crippen LogP contribution in [0.25, 0.3) is 17.2 Å². The van der Waals surface area contributed by atoms with Crippen LogP contribution in [0.5, 0.6) is 0 Å². The highest BCUT2D eigenvalue weighted by molar-refractivity contribution is 5.48. The van der Waals surface area contributed by atoms with Crippen LogP contribution < -0.4 is 21.3 Å². The minimum absolute atomic E-state index is 0.379. The molecule has 0 radical (unpaired) electrons. The van der Waals surface area contributed by atoms with E-state index in [0.29, 0.717) is 5.92 Å². The second-order valence-electron chi connectivity index (χ2n) is 7.66. The topological polar surface area (TPSA) is 51.0 Å². The van der Waals surface area contributed by atoms with Crippen molar-refractivity contribution < 1.29 is 0 Å². The fraction of sp³-hybridized carbons (Fsp3) is 0.333. The molecule has 0 N–H and O–H groups in total. The van der Waals surface area contributed by atoms with Crippen molar-refractivity contribution >= 4 is 17.2 Å². The summed E-state index contributed by atoms with van der Waals surface area (Å²) in [6, 6.07) is 2.32. The zero-order chi connectivity index (χ0) is 19.3. The molecule has 1 atom stereocenters. The SMILES string of the molecule is C\C1=c2/cc(C3C\C=C/C=c4/ncnc/c4=C(\C)C3)cn/c2=N\C=C/CCC1. The first-order valence-electron chi connectivity index (χ1n) is 10.0. The first-order chi connectivity index (χ1) is 13.7. The van der Waals surface area contributed by atoms with Gasteiger partial charge in [0.1, 0.15) is 6.33 Å². The number of nitrogens with zero attached hydrogens (tertiary/aromatic N) is 4. The Hall–Kier alpha value is -2.88. The van der Waals surface area contributed by atoms with Gasteiger partial charge in [0.2, 0.25) is 0 Å². The second kappa shape index (κ2) is 8.42. The van der Waals surface area contributed by atoms with E-state index in [1.165, 1.54) is 21.9 Å². The molecule has 1 aliphatic heterocycles. The molecular weight excluding hydrogens is 344 g/mol. The third kappa shape index (κ3) is 4.01. The summed E-state index contributed by atoms with van der Waals surface area (Å²) in [7, 11) is 0. The molecule has 4 nitrogen and oxygen atoms in total. The Morgan fingerprint density at radius 1 is 1.00 bits per heavy atom. The maximum absolute atomic E-state index is 4.73. The van der Waals surface area contributed by atoms with Gasteiger partial charge in [0, 0.05) is 29.0 Å². The van der Waals surface area contributed by atoms with Crippen molar-refractivity contribution in [1.82, 2.24) is 15.0 Å². The number of hydrogen-bond donors (Lipinski definition) is 0. The van der Waals surface area contributed by atoms with Crippen LogP contribution in [-0.2, 0) is 0 Å². The van der Waals surface area contributed by atoms with Crippen molar-refractivity contribution in [3.05, 3.63) is 76.1 Å². The van der Waals surface area contributed by atoms with Gasteiger partial charge in [-0.1, -0.05) is 29.4 Å². The van der Waals surface area contributed by atoms with Gasteiger partial charge in [-0.15, -0.1) is 0 Å². The lowest BCUT2D eigenvalue weighted by atomic mass is 9.89. The van der Waals surface area contributed by atoms with Crippen molar-refractivity contribution in [2.75, 3.05) is 0 Å². The van der Waals surface area contributed by atoms with Crippen molar-refractivity contribution in [2.24, 2.45) is 4.99 Å². The number of hydrogen-bond acceptors (Lipinski definition) is 4. The highest BCUT2D eigenvalue weighted by Crippen LogP contribution is 2.26. The minimum atomic E-state index is 0.379. The van der Waals surface area contributed by atoms with Gasteiger partial charge in [0.15, 0.2) is 5.49 Å². The Bertz CT molecular complexity index is 1170. The Kier molecular flexibility index (Phi) is 5.56. The summed E-state index contributed by atoms with van der Waals surface area (Å²) < 4.78 is 0. The van der Waals surface area contributed by atoms with Gasteiger partial charge in [-0.05, 0) is 69.6 Å². The summed E-state index contributed by atoms with van der Waals surface area (Å²) in [5.41, 5.74) is 4.81. The lowest BCUT2D eigenvalue weighted by molar-refractivity contribution is 0.710. The summed E-state index contributed by atoms with van der Waals surface area (Å²) in [6.07, 6.45) is 21.3. The molecule has 2 aromatic rings. The van der Waals surface area contributed by atoms with Crippen LogP contribution in [-0.4, -0.2) is 15.0 Å². The molecule has 142 valence electrons. The molecule has 2 aliphatic rings. The fourth-order valence-corrected chi connectivity index (χ4v) is 3.95. The van der Waals surface area contributed by atoms with E-state index in [-0.39, 0.29) is 0 Å². The second-order valence-corrected chi connectivity index (χ2v) is 7.66. The van der Waals surface area contributed by atoms with E-state index < -0.39 is 0 Å². The van der Waals surface area contributed by atoms with E-state index in [4.69, 9.17) is 4.98 Å². The molecule has 0 amide bonds. The molecular formula is C24H26N4. The van der Waals surface area contributed by atoms with E-state index in [1.54, 1.807) is 6.33 Å². The quantitative estimate of drug-likeness (QED) is 0.775. The minimum Gasteiger partial charge on any atom is -0.244 e. The molecule has 4 rings (SSSR count). The summed E-state index contributed by atoms with van der Waals surface area (Å²) in [4.78, 5) is 18.0. The van der Waals surface area contributed by atoms with Gasteiger partial charge < -0.3 is 0 Å². The molecule has 0 aromatic carbocycles. The van der Waals surface area contributed by atoms with Crippen LogP contribution in [0.4, 0.5) is 0 Å². The monoisotopic (exact) mass is 370 g/mol. The molecule has 4 heteroatoms. The highest BCUT2D eigenvalue weighted by atomic mass is 14.8. The largest absolute Gasteiger partial charge is 0.244 e. The highest BCUT2D eigenvalue weighted by Gasteiger charge is 2.14. The summed E-state index contributed by atoms with van der Waals surface area (Å²) >= 11 is 0. The third-order valence-electron chi connectivity index (χ3n) is 5.61. The first kappa shape index (κ1) is 18.5. The lowest BCUT2D eigenvalue weighted by Gasteiger charge is -2.16. The summed E-state index contributed by atoms with van der Waals surface area (Å²) in [5, 5.41) is 3.32. The van der Waals surface area contributed by atoms with E-state index in [1.807, 2.05) is 18.6 Å². The smallest absolute Gasteiger partial charge is 0.159 e. The van der Waals surface area contributed by atoms with E-state index >= 15 is 0 Å². The van der Waals surface area contributed by atoms with Gasteiger partial charge in [0.25, 0.3) is 0 Å². The van der Waals surface area contributed by atoms with Crippen LogP contribution in [0.3, 0.4) is 0 Å². The Morgan fingerprint density at radius 3 is 2.86 bits per heavy atom. The number of rotatable bonds is 1. The maximum atomic E-state index is 4.73. The van der Waals surface area contributed by atoms with Crippen LogP contribution in [0.1, 0.15) is 57.4 Å². The maximum Gasteiger partial charge on any atom is 0.159 e. The molecule has 2 aromatic heterocycles. The van der Waals surface area contributed by atoms with Gasteiger partial charge in [-0.25, -0.2) is 19.9 Å². The van der Waals surface area contributed by atoms with E-state index in [0.717, 1.165) is 48.2 Å². The zero-order valence-corrected chi connectivity index (χ0v) is 16.6. The summed E-state index contributed by atoms with van der Waals surface area (Å²) in [6.45, 7) is 4.41. The van der Waals surface area contributed by atoms with Crippen molar-refractivity contribution in [3.63, 3.8) is 0 Å². The van der Waals surface area contributed by atoms with E-state index in [9.17, 15) is 0 Å². The van der Waals surface area contributed by atoms with Gasteiger partial charge in [-0.2, -0.15) is 0 Å². The number of pyridine rings is 1. The molecule has 28 heavy (non-hydrogen) atoms. The van der Waals surface area contributed by atoms with E-state index in [2.05, 4.69) is 59.2 Å². The average molecular weight is 371 g/mol. The molecule has 0 saturated carbocycles. The predicted octanol–water partition coefficient (Wildman–Crippen LogP) is 2.44. The van der Waals surface area contributed by atoms with Crippen molar-refractivity contribution in [2.45, 2.75) is 51.9 Å². The first-order valence-corrected chi connectivity index (χ1v) is 10.0.